The summed E-state index contributed by atoms with van der Waals surface area (Å²) in [7, 11) is -3.84. The molecule has 9 aromatic heterocycles. The quantitative estimate of drug-likeness (QED) is 0.0770. The molecule has 2 atom stereocenters. The van der Waals surface area contributed by atoms with Crippen molar-refractivity contribution in [3.63, 3.8) is 0 Å². The average molecular weight is 1800 g/mol. The van der Waals surface area contributed by atoms with E-state index in [9.17, 15) is 13.2 Å². The topological polar surface area (TPSA) is 211 Å². The Kier molecular flexibility index (Phi) is 21.3. The number of para-hydroxylation sites is 2. The van der Waals surface area contributed by atoms with E-state index < -0.39 is 75.4 Å². The largest absolute Gasteiger partial charge is 0.522 e. The maximum Gasteiger partial charge on any atom is 0.522 e. The van der Waals surface area contributed by atoms with Gasteiger partial charge in [-0.1, -0.05) is 86.7 Å². The van der Waals surface area contributed by atoms with Gasteiger partial charge >= 0.3 is 15.6 Å². The van der Waals surface area contributed by atoms with Crippen LogP contribution >= 0.6 is 0 Å². The normalized spacial score (nSPS) is 15.9. The van der Waals surface area contributed by atoms with Crippen molar-refractivity contribution in [1.29, 1.82) is 0 Å². The van der Waals surface area contributed by atoms with Crippen molar-refractivity contribution < 1.29 is 117 Å². The first-order valence-electron chi connectivity index (χ1n) is 42.2. The second-order valence-electron chi connectivity index (χ2n) is 22.1. The zero-order valence-electron chi connectivity index (χ0n) is 80.3. The molecule has 0 saturated carbocycles. The van der Waals surface area contributed by atoms with Gasteiger partial charge in [0, 0.05) is 161 Å². The molecule has 2 radical (unpaired) electrons. The zero-order valence-corrected chi connectivity index (χ0v) is 62.9. The fourth-order valence-electron chi connectivity index (χ4n) is 9.59. The fraction of sp³-hybridized carbons (Fsp3) is 0.226. The first-order chi connectivity index (χ1) is 57.8. The number of alkyl halides is 3. The van der Waals surface area contributed by atoms with E-state index in [0.29, 0.717) is 66.4 Å². The summed E-state index contributed by atoms with van der Waals surface area (Å²) in [5.74, 6) is -4.03. The molecule has 104 heavy (non-hydrogen) atoms. The third kappa shape index (κ3) is 22.3. The second-order valence-corrected chi connectivity index (χ2v) is 23.5. The Bertz CT molecular complexity index is 6080. The summed E-state index contributed by atoms with van der Waals surface area (Å²) in [6.07, 6.45) is 7.39. The molecule has 0 amide bonds. The van der Waals surface area contributed by atoms with Gasteiger partial charge in [0.15, 0.2) is 0 Å². The number of hydrogen-bond acceptors (Lipinski definition) is 13. The molecule has 14 aromatic rings. The number of aliphatic hydroxyl groups excluding tert-OH is 2. The van der Waals surface area contributed by atoms with Gasteiger partial charge in [0.25, 0.3) is 0 Å². The van der Waals surface area contributed by atoms with Gasteiger partial charge in [0.05, 0.1) is 11.4 Å². The summed E-state index contributed by atoms with van der Waals surface area (Å²) in [6.45, 7) is -4.96. The maximum absolute atomic E-state index is 10.7. The van der Waals surface area contributed by atoms with E-state index in [2.05, 4.69) is 73.0 Å². The first kappa shape index (κ1) is 56.1. The Morgan fingerprint density at radius 1 is 0.433 bits per heavy atom. The molecule has 0 fully saturated rings. The molecular formula is C84H85F3Ir2N7O7S-3. The van der Waals surface area contributed by atoms with E-state index in [4.69, 9.17) is 63.5 Å². The SMILES string of the molecule is CO.CO.Cc1cnc(-c2[c-]cccc2)cc1C.O=S(=O)(O)C(F)(F)F.[2H]C([2H])([2H])c1ccc2c(n1)oc1c(-c3cc(C([2H])(C)C([2H])([2H])[2H])c(C([2H])([2H])[2H])cn3)cccc12.[2H]C([2H])([2H])c1ccc2c(n1)oc1c(-c3cc(C([2H])(C)C([2H])([2H])[2H])c(C)cn3)cccc12.[2H]C([2H])([2H])c1cnc(-c2[c-]cccc2)cc1C.[2H]C([2H])([2H])c1cnc(-c2[c-]cccc2)cc1C.[Ir].[Ir]. The number of hydrogen-bond donors (Lipinski definition) is 3. The van der Waals surface area contributed by atoms with Gasteiger partial charge in [-0.2, -0.15) is 21.6 Å². The van der Waals surface area contributed by atoms with E-state index >= 15 is 0 Å². The van der Waals surface area contributed by atoms with Crippen molar-refractivity contribution in [1.82, 2.24) is 34.9 Å². The molecule has 0 bridgehead atoms. The average Bonchev–Trinajstić information content (AvgIpc) is 1.73. The number of aliphatic hydroxyl groups is 2. The van der Waals surface area contributed by atoms with Crippen LogP contribution in [0.5, 0.6) is 0 Å². The van der Waals surface area contributed by atoms with E-state index in [1.54, 1.807) is 81.6 Å². The molecule has 0 aliphatic carbocycles. The van der Waals surface area contributed by atoms with Crippen LogP contribution in [0.1, 0.15) is 138 Å². The Labute approximate surface area is 667 Å². The summed E-state index contributed by atoms with van der Waals surface area (Å²) in [5.41, 5.74) is 7.41. The van der Waals surface area contributed by atoms with E-state index in [1.165, 1.54) is 48.6 Å². The van der Waals surface area contributed by atoms with Crippen LogP contribution < -0.4 is 0 Å². The minimum Gasteiger partial charge on any atom is -0.437 e. The van der Waals surface area contributed by atoms with Crippen molar-refractivity contribution in [3.8, 4) is 56.3 Å². The van der Waals surface area contributed by atoms with Gasteiger partial charge in [0.2, 0.25) is 11.4 Å². The van der Waals surface area contributed by atoms with Gasteiger partial charge in [-0.25, -0.2) is 9.97 Å². The summed E-state index contributed by atoms with van der Waals surface area (Å²) in [4.78, 5) is 29.7. The Morgan fingerprint density at radius 2 is 0.779 bits per heavy atom. The van der Waals surface area contributed by atoms with Gasteiger partial charge in [-0.3, -0.25) is 14.5 Å². The Balaban J connectivity index is 0.000000281. The Morgan fingerprint density at radius 3 is 1.11 bits per heavy atom. The van der Waals surface area contributed by atoms with Crippen molar-refractivity contribution in [2.45, 2.75) is 114 Å². The standard InChI is InChI=1S/2C21H20N2O.3C13H12N.CHF3O3S.2CH4O.2Ir/c2*1-12(2)18-10-19(22-11-13(18)3)17-7-5-6-15-16-9-8-14(4)23-21(16)24-20(15)17;3*1-10-8-13(14-9-11(10)2)12-6-4-3-5-7-12;2-1(3,4)8(5,6)7;2*1-2;;/h2*5-12H,1-4H3;3*3-6,8-9H,1-2H3;(H,5,6,7);2*2H,1H3;;/q;;3*-1;;;;;/i1D3,3D3,4D3,12D;1D3,4D3,12D;2*2D3;;;;;;. The first-order valence-corrected chi connectivity index (χ1v) is 32.1. The summed E-state index contributed by atoms with van der Waals surface area (Å²) in [5, 5.41) is 16.6. The minimum absolute atomic E-state index is 0. The number of aryl methyl sites for hydroxylation is 10. The van der Waals surface area contributed by atoms with E-state index in [0.717, 1.165) is 77.6 Å². The molecule has 5 aromatic carbocycles. The fourth-order valence-corrected chi connectivity index (χ4v) is 9.59. The van der Waals surface area contributed by atoms with Crippen LogP contribution in [0.25, 0.3) is 100 Å². The van der Waals surface area contributed by atoms with Crippen molar-refractivity contribution in [2.75, 3.05) is 14.2 Å². The second kappa shape index (κ2) is 39.5. The molecule has 20 heteroatoms. The third-order valence-corrected chi connectivity index (χ3v) is 15.5. The minimum atomic E-state index is -5.84. The summed E-state index contributed by atoms with van der Waals surface area (Å²) in [6, 6.07) is 57.5. The number of nitrogens with zero attached hydrogens (tertiary/aromatic N) is 7. The Hall–Kier alpha value is -9.33. The molecule has 2 unspecified atom stereocenters. The molecular weight excluding hydrogens is 1690 g/mol. The summed E-state index contributed by atoms with van der Waals surface area (Å²) < 4.78 is 246. The number of pyridine rings is 7. The number of furan rings is 2. The monoisotopic (exact) mass is 1800 g/mol. The van der Waals surface area contributed by atoms with Crippen LogP contribution in [0.2, 0.25) is 0 Å². The molecule has 9 heterocycles. The van der Waals surface area contributed by atoms with Crippen LogP contribution in [0.15, 0.2) is 204 Å². The van der Waals surface area contributed by atoms with Gasteiger partial charge in [0.1, 0.15) is 11.2 Å². The number of aromatic nitrogens is 7. The predicted octanol–water partition coefficient (Wildman–Crippen LogP) is 20.7. The molecule has 3 N–H and O–H groups in total. The van der Waals surface area contributed by atoms with Gasteiger partial charge < -0.3 is 34.0 Å². The van der Waals surface area contributed by atoms with Crippen molar-refractivity contribution in [2.24, 2.45) is 0 Å². The van der Waals surface area contributed by atoms with Crippen LogP contribution in [0.3, 0.4) is 0 Å². The summed E-state index contributed by atoms with van der Waals surface area (Å²) >= 11 is 0. The van der Waals surface area contributed by atoms with Gasteiger partial charge in [-0.05, 0) is 185 Å². The van der Waals surface area contributed by atoms with Gasteiger partial charge in [-0.15, -0.1) is 108 Å². The number of halogens is 3. The number of fused-ring (bicyclic) bond motifs is 6. The number of benzene rings is 5. The molecule has 0 aliphatic rings. The van der Waals surface area contributed by atoms with Crippen LogP contribution in [0.4, 0.5) is 13.2 Å². The van der Waals surface area contributed by atoms with Crippen molar-refractivity contribution in [3.05, 3.63) is 280 Å². The van der Waals surface area contributed by atoms with E-state index in [1.807, 2.05) is 91.1 Å². The zero-order chi connectivity index (χ0) is 93.9. The molecule has 14 nitrogen and oxygen atoms in total. The van der Waals surface area contributed by atoms with Crippen LogP contribution in [0, 0.1) is 87.1 Å². The smallest absolute Gasteiger partial charge is 0.437 e. The molecule has 0 saturated heterocycles. The third-order valence-electron chi connectivity index (χ3n) is 14.9. The van der Waals surface area contributed by atoms with Crippen molar-refractivity contribution >= 4 is 54.3 Å². The molecule has 14 rings (SSSR count). The molecule has 0 spiro atoms. The maximum atomic E-state index is 10.7. The predicted molar refractivity (Wildman–Crippen MR) is 404 cm³/mol. The number of rotatable bonds is 7. The van der Waals surface area contributed by atoms with E-state index in [-0.39, 0.29) is 79.8 Å². The van der Waals surface area contributed by atoms with Crippen LogP contribution in [-0.2, 0) is 50.3 Å². The van der Waals surface area contributed by atoms with Crippen LogP contribution in [-0.4, -0.2) is 77.8 Å². The molecule has 0 aliphatic heterocycles. The molecule has 546 valence electrons.